The molecule has 4 heterocycles. The summed E-state index contributed by atoms with van der Waals surface area (Å²) in [5.74, 6) is -0.866. The fourth-order valence-electron chi connectivity index (χ4n) is 6.59. The molecular weight excluding hydrogens is 667 g/mol. The van der Waals surface area contributed by atoms with E-state index in [-0.39, 0.29) is 46.7 Å². The minimum atomic E-state index is -4.13. The number of carbonyl (C=O) groups is 3. The highest BCUT2D eigenvalue weighted by Crippen LogP contribution is 2.30. The first-order valence-corrected chi connectivity index (χ1v) is 18.1. The minimum absolute atomic E-state index is 0.0653. The number of fused-ring (bicyclic) bond motifs is 1. The Kier molecular flexibility index (Phi) is 10.8. The summed E-state index contributed by atoms with van der Waals surface area (Å²) in [5, 5.41) is 12.6. The number of sulfonamides is 1. The number of carboxylic acids is 1. The molecule has 1 aromatic carbocycles. The van der Waals surface area contributed by atoms with Crippen LogP contribution in [0.2, 0.25) is 10.0 Å². The second-order valence-electron chi connectivity index (χ2n) is 12.4. The number of aliphatic carboxylic acids is 1. The van der Waals surface area contributed by atoms with Crippen molar-refractivity contribution in [2.24, 2.45) is 5.92 Å². The minimum Gasteiger partial charge on any atom is -0.480 e. The zero-order valence-electron chi connectivity index (χ0n) is 26.7. The molecule has 0 bridgehead atoms. The molecule has 2 amide bonds. The largest absolute Gasteiger partial charge is 0.480 e. The highest BCUT2D eigenvalue weighted by Gasteiger charge is 2.41. The number of halogens is 2. The van der Waals surface area contributed by atoms with Gasteiger partial charge in [0.2, 0.25) is 21.8 Å². The third-order valence-electron chi connectivity index (χ3n) is 9.04. The Morgan fingerprint density at radius 2 is 1.70 bits per heavy atom. The summed E-state index contributed by atoms with van der Waals surface area (Å²) in [7, 11) is -4.13. The monoisotopic (exact) mass is 706 g/mol. The maximum Gasteiger partial charge on any atom is 0.326 e. The number of aryl methyl sites for hydroxylation is 3. The van der Waals surface area contributed by atoms with Gasteiger partial charge in [-0.1, -0.05) is 30.1 Å². The number of imidazole rings is 1. The van der Waals surface area contributed by atoms with Gasteiger partial charge < -0.3 is 19.9 Å². The van der Waals surface area contributed by atoms with Crippen LogP contribution >= 0.6 is 23.2 Å². The first-order chi connectivity index (χ1) is 22.3. The van der Waals surface area contributed by atoms with Crippen LogP contribution in [0.1, 0.15) is 62.5 Å². The number of aromatic nitrogens is 3. The zero-order valence-corrected chi connectivity index (χ0v) is 29.0. The summed E-state index contributed by atoms with van der Waals surface area (Å²) in [6, 6.07) is 3.50. The predicted molar refractivity (Wildman–Crippen MR) is 178 cm³/mol. The van der Waals surface area contributed by atoms with Crippen LogP contribution in [0.3, 0.4) is 0 Å². The maximum absolute atomic E-state index is 13.3. The van der Waals surface area contributed by atoms with Crippen LogP contribution in [-0.2, 0) is 37.4 Å². The van der Waals surface area contributed by atoms with Crippen molar-refractivity contribution < 1.29 is 27.9 Å². The summed E-state index contributed by atoms with van der Waals surface area (Å²) < 4.78 is 29.9. The van der Waals surface area contributed by atoms with Gasteiger partial charge in [0.05, 0.1) is 4.90 Å². The average molecular weight is 708 g/mol. The lowest BCUT2D eigenvalue weighted by Gasteiger charge is -2.33. The van der Waals surface area contributed by atoms with Crippen molar-refractivity contribution in [3.05, 3.63) is 51.4 Å². The van der Waals surface area contributed by atoms with Crippen molar-refractivity contribution in [2.45, 2.75) is 89.2 Å². The highest BCUT2D eigenvalue weighted by atomic mass is 35.5. The molecule has 2 N–H and O–H groups in total. The van der Waals surface area contributed by atoms with Crippen LogP contribution in [-0.4, -0.2) is 86.8 Å². The molecule has 0 saturated carbocycles. The van der Waals surface area contributed by atoms with E-state index < -0.39 is 34.0 Å². The second-order valence-corrected chi connectivity index (χ2v) is 15.1. The van der Waals surface area contributed by atoms with Gasteiger partial charge >= 0.3 is 5.97 Å². The molecule has 2 aliphatic rings. The number of hydrogen-bond donors (Lipinski definition) is 2. The summed E-state index contributed by atoms with van der Waals surface area (Å²) in [5.41, 5.74) is 3.87. The molecule has 15 heteroatoms. The summed E-state index contributed by atoms with van der Waals surface area (Å²) in [4.78, 5) is 49.6. The number of rotatable bonds is 11. The van der Waals surface area contributed by atoms with Crippen LogP contribution in [0.25, 0.3) is 11.2 Å². The lowest BCUT2D eigenvalue weighted by Crippen LogP contribution is -2.51. The summed E-state index contributed by atoms with van der Waals surface area (Å²) >= 11 is 12.0. The SMILES string of the molecule is CCc1nc2c(C)cc(C)nc2n1CC1CCN(C(=O)CCC(NC(=O)[C@@H]2CCCN2S(=O)(=O)c2cc(Cl)cc(Cl)c2)C(=O)O)CC1. The van der Waals surface area contributed by atoms with E-state index in [0.29, 0.717) is 25.4 Å². The molecule has 0 radical (unpaired) electrons. The number of likely N-dealkylation sites (tertiary alicyclic amines) is 1. The van der Waals surface area contributed by atoms with E-state index in [1.807, 2.05) is 19.9 Å². The molecule has 2 saturated heterocycles. The number of hydrogen-bond acceptors (Lipinski definition) is 7. The molecule has 2 atom stereocenters. The van der Waals surface area contributed by atoms with Gasteiger partial charge in [-0.25, -0.2) is 23.2 Å². The molecule has 5 rings (SSSR count). The lowest BCUT2D eigenvalue weighted by molar-refractivity contribution is -0.143. The number of carboxylic acid groups (broad SMARTS) is 1. The van der Waals surface area contributed by atoms with Crippen molar-refractivity contribution in [3.63, 3.8) is 0 Å². The molecule has 2 aliphatic heterocycles. The Morgan fingerprint density at radius 1 is 1.02 bits per heavy atom. The molecule has 254 valence electrons. The van der Waals surface area contributed by atoms with Gasteiger partial charge in [0.1, 0.15) is 23.4 Å². The van der Waals surface area contributed by atoms with Crippen molar-refractivity contribution in [3.8, 4) is 0 Å². The highest BCUT2D eigenvalue weighted by molar-refractivity contribution is 7.89. The molecule has 2 fully saturated rings. The van der Waals surface area contributed by atoms with Gasteiger partial charge in [0.25, 0.3) is 0 Å². The molecule has 0 aliphatic carbocycles. The van der Waals surface area contributed by atoms with Crippen LogP contribution in [0.5, 0.6) is 0 Å². The molecule has 2 aromatic heterocycles. The Morgan fingerprint density at radius 3 is 2.34 bits per heavy atom. The van der Waals surface area contributed by atoms with Crippen molar-refractivity contribution in [1.82, 2.24) is 29.1 Å². The Balaban J connectivity index is 1.16. The normalized spacial score (nSPS) is 18.5. The second kappa shape index (κ2) is 14.5. The molecular formula is C32H40Cl2N6O6S. The molecule has 47 heavy (non-hydrogen) atoms. The van der Waals surface area contributed by atoms with Crippen molar-refractivity contribution in [2.75, 3.05) is 19.6 Å². The number of nitrogens with zero attached hydrogens (tertiary/aromatic N) is 5. The van der Waals surface area contributed by atoms with Crippen LogP contribution in [0, 0.1) is 19.8 Å². The Labute approximate surface area is 284 Å². The van der Waals surface area contributed by atoms with Crippen LogP contribution in [0.15, 0.2) is 29.2 Å². The Bertz CT molecular complexity index is 1770. The number of benzene rings is 1. The van der Waals surface area contributed by atoms with E-state index in [1.165, 1.54) is 18.2 Å². The standard InChI is InChI=1S/C32H40Cl2N6O6S/c1-4-27-37-29-19(2)14-20(3)35-30(29)39(27)18-21-9-12-38(13-10-21)28(41)8-7-25(32(43)44)36-31(42)26-6-5-11-40(26)47(45,46)24-16-22(33)15-23(34)17-24/h14-17,21,25-26H,4-13,18H2,1-3H3,(H,36,42)(H,43,44)/t25?,26-/m0/s1. The summed E-state index contributed by atoms with van der Waals surface area (Å²) in [6.45, 7) is 8.06. The summed E-state index contributed by atoms with van der Waals surface area (Å²) in [6.07, 6.45) is 2.84. The average Bonchev–Trinajstić information content (AvgIpc) is 3.65. The number of nitrogens with one attached hydrogen (secondary N) is 1. The van der Waals surface area contributed by atoms with E-state index in [9.17, 15) is 27.9 Å². The van der Waals surface area contributed by atoms with Gasteiger partial charge in [-0.15, -0.1) is 0 Å². The first-order valence-electron chi connectivity index (χ1n) is 15.9. The molecule has 3 aromatic rings. The molecule has 0 spiro atoms. The van der Waals surface area contributed by atoms with Gasteiger partial charge in [-0.2, -0.15) is 4.31 Å². The van der Waals surface area contributed by atoms with Crippen LogP contribution in [0.4, 0.5) is 0 Å². The molecule has 1 unspecified atom stereocenters. The van der Waals surface area contributed by atoms with Crippen molar-refractivity contribution >= 4 is 62.2 Å². The third kappa shape index (κ3) is 7.74. The predicted octanol–water partition coefficient (Wildman–Crippen LogP) is 4.36. The van der Waals surface area contributed by atoms with E-state index >= 15 is 0 Å². The van der Waals surface area contributed by atoms with Gasteiger partial charge in [0, 0.05) is 54.8 Å². The van der Waals surface area contributed by atoms with Crippen LogP contribution < -0.4 is 5.32 Å². The fourth-order valence-corrected chi connectivity index (χ4v) is 8.97. The fraction of sp³-hybridized carbons (Fsp3) is 0.531. The topological polar surface area (TPSA) is 155 Å². The van der Waals surface area contributed by atoms with Gasteiger partial charge in [0.15, 0.2) is 5.65 Å². The smallest absolute Gasteiger partial charge is 0.326 e. The number of piperidine rings is 1. The quantitative estimate of drug-likeness (QED) is 0.298. The van der Waals surface area contributed by atoms with Gasteiger partial charge in [-0.05, 0) is 81.7 Å². The number of pyridine rings is 1. The van der Waals surface area contributed by atoms with E-state index in [0.717, 1.165) is 58.4 Å². The third-order valence-corrected chi connectivity index (χ3v) is 11.4. The van der Waals surface area contributed by atoms with E-state index in [4.69, 9.17) is 33.2 Å². The van der Waals surface area contributed by atoms with E-state index in [1.54, 1.807) is 4.90 Å². The maximum atomic E-state index is 13.3. The van der Waals surface area contributed by atoms with E-state index in [2.05, 4.69) is 16.8 Å². The zero-order chi connectivity index (χ0) is 34.0. The van der Waals surface area contributed by atoms with Crippen molar-refractivity contribution in [1.29, 1.82) is 0 Å². The molecule has 12 nitrogen and oxygen atoms in total. The number of carbonyl (C=O) groups excluding carboxylic acids is 2. The van der Waals surface area contributed by atoms with Gasteiger partial charge in [-0.3, -0.25) is 9.59 Å². The number of amides is 2. The first kappa shape index (κ1) is 35.1. The lowest BCUT2D eigenvalue weighted by atomic mass is 9.96. The Hall–Kier alpha value is -3.26.